The molecule has 1 N–H and O–H groups in total. The molecule has 1 atom stereocenters. The Hall–Kier alpha value is -2.20. The minimum absolute atomic E-state index is 0.154. The van der Waals surface area contributed by atoms with Crippen molar-refractivity contribution in [2.45, 2.75) is 59.2 Å². The van der Waals surface area contributed by atoms with Crippen molar-refractivity contribution in [3.05, 3.63) is 52.0 Å². The molecule has 0 fully saturated rings. The summed E-state index contributed by atoms with van der Waals surface area (Å²) >= 11 is 6.52. The Morgan fingerprint density at radius 1 is 1.21 bits per heavy atom. The van der Waals surface area contributed by atoms with Crippen molar-refractivity contribution in [2.24, 2.45) is 0 Å². The van der Waals surface area contributed by atoms with Crippen molar-refractivity contribution in [1.82, 2.24) is 5.32 Å². The van der Waals surface area contributed by atoms with Crippen molar-refractivity contribution in [3.63, 3.8) is 0 Å². The quantitative estimate of drug-likeness (QED) is 0.714. The zero-order valence-corrected chi connectivity index (χ0v) is 17.9. The van der Waals surface area contributed by atoms with E-state index in [-0.39, 0.29) is 6.10 Å². The first-order valence-corrected chi connectivity index (χ1v) is 10.1. The van der Waals surface area contributed by atoms with Gasteiger partial charge in [0.25, 0.3) is 0 Å². The van der Waals surface area contributed by atoms with Gasteiger partial charge in [-0.05, 0) is 62.9 Å². The van der Waals surface area contributed by atoms with E-state index in [4.69, 9.17) is 21.1 Å². The van der Waals surface area contributed by atoms with Gasteiger partial charge in [-0.15, -0.1) is 0 Å². The summed E-state index contributed by atoms with van der Waals surface area (Å²) in [5.74, 6) is 0.713. The third-order valence-electron chi connectivity index (χ3n) is 4.60. The van der Waals surface area contributed by atoms with Crippen LogP contribution >= 0.6 is 11.6 Å². The van der Waals surface area contributed by atoms with E-state index in [0.29, 0.717) is 23.7 Å². The van der Waals surface area contributed by atoms with Crippen LogP contribution < -0.4 is 10.1 Å². The highest BCUT2D eigenvalue weighted by Gasteiger charge is 2.27. The summed E-state index contributed by atoms with van der Waals surface area (Å²) in [4.78, 5) is 11.9. The van der Waals surface area contributed by atoms with Gasteiger partial charge in [0.15, 0.2) is 0 Å². The lowest BCUT2D eigenvalue weighted by Crippen LogP contribution is -2.38. The van der Waals surface area contributed by atoms with E-state index in [1.807, 2.05) is 26.8 Å². The van der Waals surface area contributed by atoms with Gasteiger partial charge in [-0.25, -0.2) is 4.79 Å². The number of hydrogen-bond acceptors (Lipinski definition) is 3. The predicted molar refractivity (Wildman–Crippen MR) is 113 cm³/mol. The number of aryl methyl sites for hydroxylation is 2. The van der Waals surface area contributed by atoms with Crippen LogP contribution in [0.5, 0.6) is 5.75 Å². The SMILES string of the molecule is CCc1cc(C)cc(-c2cc(Cl)c3c(c2)CC(CNC(=O)OC(C)(C)C)O3)c1. The van der Waals surface area contributed by atoms with E-state index >= 15 is 0 Å². The summed E-state index contributed by atoms with van der Waals surface area (Å²) in [5.41, 5.74) is 5.35. The second-order valence-electron chi connectivity index (χ2n) is 8.33. The van der Waals surface area contributed by atoms with Crippen molar-refractivity contribution >= 4 is 17.7 Å². The third-order valence-corrected chi connectivity index (χ3v) is 4.89. The van der Waals surface area contributed by atoms with E-state index in [9.17, 15) is 4.79 Å². The molecule has 0 saturated carbocycles. The monoisotopic (exact) mass is 401 g/mol. The van der Waals surface area contributed by atoms with E-state index in [1.165, 1.54) is 11.1 Å². The predicted octanol–water partition coefficient (Wildman–Crippen LogP) is 5.71. The molecular weight excluding hydrogens is 374 g/mol. The first-order chi connectivity index (χ1) is 13.1. The molecule has 1 aliphatic rings. The number of hydrogen-bond donors (Lipinski definition) is 1. The molecule has 1 aliphatic heterocycles. The Morgan fingerprint density at radius 3 is 2.61 bits per heavy atom. The minimum atomic E-state index is -0.521. The molecule has 4 nitrogen and oxygen atoms in total. The van der Waals surface area contributed by atoms with E-state index in [2.05, 4.69) is 43.4 Å². The summed E-state index contributed by atoms with van der Waals surface area (Å²) in [6, 6.07) is 10.7. The highest BCUT2D eigenvalue weighted by Crippen LogP contribution is 2.39. The number of nitrogens with one attached hydrogen (secondary N) is 1. The Labute approximate surface area is 172 Å². The molecule has 1 unspecified atom stereocenters. The average molecular weight is 402 g/mol. The maximum Gasteiger partial charge on any atom is 0.407 e. The van der Waals surface area contributed by atoms with Gasteiger partial charge in [-0.1, -0.05) is 42.3 Å². The second-order valence-corrected chi connectivity index (χ2v) is 8.74. The molecule has 5 heteroatoms. The molecule has 150 valence electrons. The number of alkyl carbamates (subject to hydrolysis) is 1. The summed E-state index contributed by atoms with van der Waals surface area (Å²) in [7, 11) is 0. The van der Waals surface area contributed by atoms with Gasteiger partial charge in [-0.3, -0.25) is 0 Å². The van der Waals surface area contributed by atoms with Gasteiger partial charge in [-0.2, -0.15) is 0 Å². The minimum Gasteiger partial charge on any atom is -0.486 e. The molecule has 2 aromatic carbocycles. The number of carbonyl (C=O) groups excluding carboxylic acids is 1. The molecule has 0 radical (unpaired) electrons. The van der Waals surface area contributed by atoms with Gasteiger partial charge >= 0.3 is 6.09 Å². The summed E-state index contributed by atoms with van der Waals surface area (Å²) in [5, 5.41) is 3.38. The van der Waals surface area contributed by atoms with Crippen LogP contribution in [0.2, 0.25) is 5.02 Å². The molecule has 3 rings (SSSR count). The highest BCUT2D eigenvalue weighted by molar-refractivity contribution is 6.32. The maximum absolute atomic E-state index is 11.9. The third kappa shape index (κ3) is 4.99. The van der Waals surface area contributed by atoms with E-state index < -0.39 is 11.7 Å². The molecule has 0 aliphatic carbocycles. The summed E-state index contributed by atoms with van der Waals surface area (Å²) < 4.78 is 11.3. The first-order valence-electron chi connectivity index (χ1n) is 9.71. The van der Waals surface area contributed by atoms with Gasteiger partial charge < -0.3 is 14.8 Å². The zero-order valence-electron chi connectivity index (χ0n) is 17.2. The normalized spacial score (nSPS) is 15.7. The molecule has 1 amide bonds. The van der Waals surface area contributed by atoms with Gasteiger partial charge in [0, 0.05) is 12.0 Å². The number of rotatable bonds is 4. The lowest BCUT2D eigenvalue weighted by Gasteiger charge is -2.20. The van der Waals surface area contributed by atoms with Crippen molar-refractivity contribution in [3.8, 4) is 16.9 Å². The standard InChI is InChI=1S/C23H28ClNO3/c1-6-15-7-14(2)8-16(9-15)17-10-18-11-19(27-21(18)20(24)12-17)13-25-22(26)28-23(3,4)5/h7-10,12,19H,6,11,13H2,1-5H3,(H,25,26). The van der Waals surface area contributed by atoms with Gasteiger partial charge in [0.05, 0.1) is 11.6 Å². The molecule has 0 bridgehead atoms. The Bertz CT molecular complexity index is 886. The van der Waals surface area contributed by atoms with Crippen molar-refractivity contribution < 1.29 is 14.3 Å². The fourth-order valence-electron chi connectivity index (χ4n) is 3.41. The fraction of sp³-hybridized carbons (Fsp3) is 0.435. The number of fused-ring (bicyclic) bond motifs is 1. The van der Waals surface area contributed by atoms with Crippen LogP contribution in [0.1, 0.15) is 44.4 Å². The van der Waals surface area contributed by atoms with E-state index in [1.54, 1.807) is 0 Å². The Morgan fingerprint density at radius 2 is 1.93 bits per heavy atom. The number of benzene rings is 2. The van der Waals surface area contributed by atoms with Crippen LogP contribution in [0.3, 0.4) is 0 Å². The summed E-state index contributed by atoms with van der Waals surface area (Å²) in [6.07, 6.45) is 1.10. The van der Waals surface area contributed by atoms with Crippen molar-refractivity contribution in [2.75, 3.05) is 6.54 Å². The van der Waals surface area contributed by atoms with Crippen molar-refractivity contribution in [1.29, 1.82) is 0 Å². The van der Waals surface area contributed by atoms with Crippen LogP contribution in [0.25, 0.3) is 11.1 Å². The Kier molecular flexibility index (Phi) is 5.90. The van der Waals surface area contributed by atoms with Gasteiger partial charge in [0.2, 0.25) is 0 Å². The maximum atomic E-state index is 11.9. The number of carbonyl (C=O) groups is 1. The van der Waals surface area contributed by atoms with Crippen LogP contribution in [0.4, 0.5) is 4.79 Å². The smallest absolute Gasteiger partial charge is 0.407 e. The molecule has 1 heterocycles. The van der Waals surface area contributed by atoms with Crippen LogP contribution in [0, 0.1) is 6.92 Å². The second kappa shape index (κ2) is 8.04. The number of amides is 1. The molecule has 0 saturated heterocycles. The largest absolute Gasteiger partial charge is 0.486 e. The van der Waals surface area contributed by atoms with Crippen LogP contribution in [-0.4, -0.2) is 24.3 Å². The number of halogens is 1. The topological polar surface area (TPSA) is 47.6 Å². The average Bonchev–Trinajstić information content (AvgIpc) is 3.01. The molecule has 0 spiro atoms. The van der Waals surface area contributed by atoms with Crippen LogP contribution in [0.15, 0.2) is 30.3 Å². The van der Waals surface area contributed by atoms with Crippen LogP contribution in [-0.2, 0) is 17.6 Å². The Balaban J connectivity index is 1.73. The first kappa shape index (κ1) is 20.5. The molecule has 2 aromatic rings. The zero-order chi connectivity index (χ0) is 20.5. The number of ether oxygens (including phenoxy) is 2. The van der Waals surface area contributed by atoms with E-state index in [0.717, 1.165) is 23.1 Å². The lowest BCUT2D eigenvalue weighted by atomic mass is 9.97. The molecular formula is C23H28ClNO3. The molecule has 0 aromatic heterocycles. The lowest BCUT2D eigenvalue weighted by molar-refractivity contribution is 0.0506. The van der Waals surface area contributed by atoms with Gasteiger partial charge in [0.1, 0.15) is 17.5 Å². The molecule has 28 heavy (non-hydrogen) atoms. The highest BCUT2D eigenvalue weighted by atomic mass is 35.5. The fourth-order valence-corrected chi connectivity index (χ4v) is 3.70. The summed E-state index contributed by atoms with van der Waals surface area (Å²) in [6.45, 7) is 10.2.